The molecule has 33 heavy (non-hydrogen) atoms. The molecule has 0 bridgehead atoms. The Morgan fingerprint density at radius 1 is 1.30 bits per heavy atom. The van der Waals surface area contributed by atoms with Gasteiger partial charge in [0.1, 0.15) is 27.6 Å². The van der Waals surface area contributed by atoms with Crippen LogP contribution in [0, 0.1) is 11.7 Å². The molecule has 0 aliphatic heterocycles. The topological polar surface area (TPSA) is 123 Å². The highest BCUT2D eigenvalue weighted by Crippen LogP contribution is 2.38. The molecule has 0 saturated carbocycles. The van der Waals surface area contributed by atoms with Gasteiger partial charge in [-0.2, -0.15) is 0 Å². The third-order valence-electron chi connectivity index (χ3n) is 5.64. The van der Waals surface area contributed by atoms with Crippen LogP contribution in [-0.4, -0.2) is 54.9 Å². The van der Waals surface area contributed by atoms with Crippen molar-refractivity contribution in [1.82, 2.24) is 20.3 Å². The van der Waals surface area contributed by atoms with Gasteiger partial charge in [0.2, 0.25) is 11.8 Å². The normalized spacial score (nSPS) is 15.8. The molecule has 2 N–H and O–H groups in total. The van der Waals surface area contributed by atoms with Crippen LogP contribution in [0.15, 0.2) is 24.5 Å². The first-order chi connectivity index (χ1) is 15.7. The van der Waals surface area contributed by atoms with E-state index in [4.69, 9.17) is 9.47 Å². The highest BCUT2D eigenvalue weighted by atomic mass is 32.2. The Hall–Kier alpha value is -3.21. The Morgan fingerprint density at radius 2 is 2.12 bits per heavy atom. The van der Waals surface area contributed by atoms with Crippen molar-refractivity contribution in [2.75, 3.05) is 25.7 Å². The second-order valence-corrected chi connectivity index (χ2v) is 10.4. The van der Waals surface area contributed by atoms with Gasteiger partial charge in [-0.25, -0.2) is 22.8 Å². The number of fused-ring (bicyclic) bond motifs is 3. The zero-order valence-electron chi connectivity index (χ0n) is 18.4. The first-order valence-electron chi connectivity index (χ1n) is 10.6. The number of nitrogens with zero attached hydrogens (tertiary/aromatic N) is 2. The van der Waals surface area contributed by atoms with Crippen molar-refractivity contribution in [3.05, 3.63) is 41.6 Å². The maximum absolute atomic E-state index is 13.6. The summed E-state index contributed by atoms with van der Waals surface area (Å²) in [6, 6.07) is 3.96. The highest BCUT2D eigenvalue weighted by molar-refractivity contribution is 7.90. The minimum atomic E-state index is -3.05. The number of benzene rings is 1. The zero-order chi connectivity index (χ0) is 23.6. The van der Waals surface area contributed by atoms with E-state index in [0.717, 1.165) is 11.3 Å². The molecular formula is C22H25FN4O5S. The molecule has 9 nitrogen and oxygen atoms in total. The fraction of sp³-hybridized carbons (Fsp3) is 0.409. The molecule has 2 heterocycles. The van der Waals surface area contributed by atoms with Gasteiger partial charge in [0, 0.05) is 30.5 Å². The van der Waals surface area contributed by atoms with Crippen molar-refractivity contribution in [3.8, 4) is 17.4 Å². The molecule has 176 valence electrons. The van der Waals surface area contributed by atoms with Gasteiger partial charge in [0.15, 0.2) is 11.5 Å². The molecule has 0 saturated heterocycles. The summed E-state index contributed by atoms with van der Waals surface area (Å²) in [5, 5.41) is 3.52. The number of ether oxygens (including phenoxy) is 2. The molecule has 2 aromatic heterocycles. The minimum absolute atomic E-state index is 0.0371. The van der Waals surface area contributed by atoms with E-state index in [1.165, 1.54) is 37.9 Å². The molecule has 1 atom stereocenters. The van der Waals surface area contributed by atoms with Crippen LogP contribution in [0.25, 0.3) is 11.0 Å². The standard InChI is InChI=1S/C22H25FN4O5S/c1-31-18-11-14(23)5-7-17(18)32-22-19-15-10-13(21(28)24-8-3-9-33(2,29)30)4-6-16(15)27-20(19)25-12-26-22/h5,7,11-13H,3-4,6,8-10H2,1-2H3,(H,24,28)(H,25,26,27). The molecule has 4 rings (SSSR count). The van der Waals surface area contributed by atoms with Gasteiger partial charge < -0.3 is 19.8 Å². The largest absolute Gasteiger partial charge is 0.493 e. The Bertz CT molecular complexity index is 1290. The Kier molecular flexibility index (Phi) is 6.50. The van der Waals surface area contributed by atoms with Crippen LogP contribution in [0.2, 0.25) is 0 Å². The van der Waals surface area contributed by atoms with E-state index in [1.807, 2.05) is 0 Å². The number of hydrogen-bond acceptors (Lipinski definition) is 7. The van der Waals surface area contributed by atoms with Crippen LogP contribution in [0.4, 0.5) is 4.39 Å². The van der Waals surface area contributed by atoms with Gasteiger partial charge >= 0.3 is 0 Å². The number of aromatic amines is 1. The average molecular weight is 477 g/mol. The molecule has 0 radical (unpaired) electrons. The second-order valence-electron chi connectivity index (χ2n) is 8.10. The average Bonchev–Trinajstić information content (AvgIpc) is 3.15. The summed E-state index contributed by atoms with van der Waals surface area (Å²) in [6.45, 7) is 0.310. The van der Waals surface area contributed by atoms with Gasteiger partial charge in [-0.3, -0.25) is 4.79 Å². The number of rotatable bonds is 8. The molecule has 0 fully saturated rings. The third kappa shape index (κ3) is 5.24. The lowest BCUT2D eigenvalue weighted by atomic mass is 9.86. The van der Waals surface area contributed by atoms with Crippen LogP contribution >= 0.6 is 0 Å². The summed E-state index contributed by atoms with van der Waals surface area (Å²) in [7, 11) is -1.63. The number of aromatic nitrogens is 3. The first kappa shape index (κ1) is 23.0. The number of halogens is 1. The van der Waals surface area contributed by atoms with Gasteiger partial charge in [-0.1, -0.05) is 0 Å². The number of nitrogens with one attached hydrogen (secondary N) is 2. The Morgan fingerprint density at radius 3 is 2.88 bits per heavy atom. The van der Waals surface area contributed by atoms with Gasteiger partial charge in [-0.05, 0) is 43.4 Å². The van der Waals surface area contributed by atoms with Crippen LogP contribution in [0.1, 0.15) is 24.1 Å². The van der Waals surface area contributed by atoms with E-state index in [1.54, 1.807) is 0 Å². The maximum Gasteiger partial charge on any atom is 0.232 e. The number of methoxy groups -OCH3 is 1. The number of amides is 1. The van der Waals surface area contributed by atoms with Gasteiger partial charge in [-0.15, -0.1) is 0 Å². The number of aryl methyl sites for hydroxylation is 1. The number of sulfone groups is 1. The quantitative estimate of drug-likeness (QED) is 0.479. The lowest BCUT2D eigenvalue weighted by Crippen LogP contribution is -2.35. The number of carbonyl (C=O) groups is 1. The smallest absolute Gasteiger partial charge is 0.232 e. The van der Waals surface area contributed by atoms with Crippen molar-refractivity contribution in [3.63, 3.8) is 0 Å². The van der Waals surface area contributed by atoms with E-state index >= 15 is 0 Å². The molecule has 1 aromatic carbocycles. The molecule has 3 aromatic rings. The van der Waals surface area contributed by atoms with Crippen LogP contribution in [0.3, 0.4) is 0 Å². The van der Waals surface area contributed by atoms with Crippen LogP contribution < -0.4 is 14.8 Å². The Balaban J connectivity index is 1.55. The second kappa shape index (κ2) is 9.34. The monoisotopic (exact) mass is 476 g/mol. The molecule has 1 aliphatic rings. The fourth-order valence-corrected chi connectivity index (χ4v) is 4.70. The number of carbonyl (C=O) groups excluding carboxylic acids is 1. The number of hydrogen-bond donors (Lipinski definition) is 2. The summed E-state index contributed by atoms with van der Waals surface area (Å²) < 4.78 is 47.3. The minimum Gasteiger partial charge on any atom is -0.493 e. The summed E-state index contributed by atoms with van der Waals surface area (Å²) in [5.74, 6) is 0.0525. The summed E-state index contributed by atoms with van der Waals surface area (Å²) >= 11 is 0. The molecular weight excluding hydrogens is 451 g/mol. The van der Waals surface area contributed by atoms with E-state index in [0.29, 0.717) is 49.0 Å². The van der Waals surface area contributed by atoms with E-state index < -0.39 is 15.7 Å². The van der Waals surface area contributed by atoms with Crippen molar-refractivity contribution in [2.45, 2.75) is 25.7 Å². The highest BCUT2D eigenvalue weighted by Gasteiger charge is 2.29. The van der Waals surface area contributed by atoms with Gasteiger partial charge in [0.25, 0.3) is 0 Å². The van der Waals surface area contributed by atoms with Crippen molar-refractivity contribution >= 4 is 26.8 Å². The predicted octanol–water partition coefficient (Wildman–Crippen LogP) is 2.55. The summed E-state index contributed by atoms with van der Waals surface area (Å²) in [5.41, 5.74) is 2.48. The van der Waals surface area contributed by atoms with Crippen molar-refractivity contribution in [1.29, 1.82) is 0 Å². The van der Waals surface area contributed by atoms with Crippen LogP contribution in [-0.2, 0) is 27.5 Å². The molecule has 1 unspecified atom stereocenters. The first-order valence-corrected chi connectivity index (χ1v) is 12.6. The Labute approximate surface area is 190 Å². The summed E-state index contributed by atoms with van der Waals surface area (Å²) in [4.78, 5) is 24.6. The number of H-pyrrole nitrogens is 1. The molecule has 1 aliphatic carbocycles. The van der Waals surface area contributed by atoms with E-state index in [2.05, 4.69) is 20.3 Å². The van der Waals surface area contributed by atoms with E-state index in [9.17, 15) is 17.6 Å². The van der Waals surface area contributed by atoms with Gasteiger partial charge in [0.05, 0.1) is 18.2 Å². The van der Waals surface area contributed by atoms with Crippen molar-refractivity contribution < 1.29 is 27.1 Å². The predicted molar refractivity (Wildman–Crippen MR) is 120 cm³/mol. The molecule has 1 amide bonds. The molecule has 11 heteroatoms. The van der Waals surface area contributed by atoms with Crippen LogP contribution in [0.5, 0.6) is 17.4 Å². The van der Waals surface area contributed by atoms with Crippen molar-refractivity contribution in [2.24, 2.45) is 5.92 Å². The SMILES string of the molecule is COc1cc(F)ccc1Oc1ncnc2[nH]c3c(c12)CC(C(=O)NCCCS(C)(=O)=O)CC3. The molecule has 0 spiro atoms. The fourth-order valence-electron chi connectivity index (χ4n) is 4.03. The maximum atomic E-state index is 13.6. The lowest BCUT2D eigenvalue weighted by Gasteiger charge is -2.22. The third-order valence-corrected chi connectivity index (χ3v) is 6.67. The lowest BCUT2D eigenvalue weighted by molar-refractivity contribution is -0.125. The summed E-state index contributed by atoms with van der Waals surface area (Å²) in [6.07, 6.45) is 4.72. The van der Waals surface area contributed by atoms with E-state index in [-0.39, 0.29) is 29.2 Å². The zero-order valence-corrected chi connectivity index (χ0v) is 19.2.